The Bertz CT molecular complexity index is 1090. The van der Waals surface area contributed by atoms with Crippen LogP contribution in [0.3, 0.4) is 0 Å². The van der Waals surface area contributed by atoms with Crippen LogP contribution in [-0.4, -0.2) is 62.4 Å². The van der Waals surface area contributed by atoms with Crippen molar-refractivity contribution < 1.29 is 9.59 Å². The Morgan fingerprint density at radius 1 is 0.818 bits per heavy atom. The fourth-order valence-corrected chi connectivity index (χ4v) is 3.75. The Hall–Kier alpha value is -3.22. The maximum atomic E-state index is 12.6. The maximum Gasteiger partial charge on any atom is 0.253 e. The average Bonchev–Trinajstić information content (AvgIpc) is 2.83. The second-order valence-electron chi connectivity index (χ2n) is 8.66. The molecule has 33 heavy (non-hydrogen) atoms. The van der Waals surface area contributed by atoms with Gasteiger partial charge in [0, 0.05) is 44.9 Å². The molecule has 3 aromatic rings. The number of carbonyl (C=O) groups is 2. The molecule has 3 rings (SSSR count). The normalized spacial score (nSPS) is 11.1. The third kappa shape index (κ3) is 6.88. The zero-order chi connectivity index (χ0) is 23.8. The molecule has 0 unspecified atom stereocenters. The Morgan fingerprint density at radius 2 is 1.42 bits per heavy atom. The van der Waals surface area contributed by atoms with Gasteiger partial charge in [0.1, 0.15) is 0 Å². The Balaban J connectivity index is 1.44. The molecule has 0 radical (unpaired) electrons. The fourth-order valence-electron chi connectivity index (χ4n) is 3.75. The van der Waals surface area contributed by atoms with Crippen molar-refractivity contribution in [3.8, 4) is 0 Å². The molecule has 0 spiro atoms. The van der Waals surface area contributed by atoms with E-state index in [-0.39, 0.29) is 11.8 Å². The molecule has 0 saturated carbocycles. The minimum atomic E-state index is -0.0845. The summed E-state index contributed by atoms with van der Waals surface area (Å²) in [4.78, 5) is 28.5. The van der Waals surface area contributed by atoms with E-state index in [9.17, 15) is 9.59 Å². The van der Waals surface area contributed by atoms with Crippen molar-refractivity contribution in [2.45, 2.75) is 19.4 Å². The first-order valence-electron chi connectivity index (χ1n) is 11.4. The molecule has 0 heterocycles. The van der Waals surface area contributed by atoms with Gasteiger partial charge < -0.3 is 20.9 Å². The van der Waals surface area contributed by atoms with Crippen LogP contribution in [0, 0.1) is 0 Å². The summed E-state index contributed by atoms with van der Waals surface area (Å²) in [5, 5.41) is 4.89. The van der Waals surface area contributed by atoms with E-state index in [1.165, 1.54) is 5.56 Å². The zero-order valence-electron chi connectivity index (χ0n) is 19.8. The summed E-state index contributed by atoms with van der Waals surface area (Å²) in [5.41, 5.74) is 9.38. The van der Waals surface area contributed by atoms with Crippen LogP contribution in [0.2, 0.25) is 0 Å². The number of hydrogen-bond acceptors (Lipinski definition) is 4. The lowest BCUT2D eigenvalue weighted by atomic mass is 10.0. The largest absolute Gasteiger partial charge is 0.351 e. The van der Waals surface area contributed by atoms with Gasteiger partial charge in [-0.25, -0.2) is 0 Å². The number of nitrogens with zero attached hydrogens (tertiary/aromatic N) is 2. The maximum absolute atomic E-state index is 12.6. The summed E-state index contributed by atoms with van der Waals surface area (Å²) in [6.45, 7) is 2.93. The number of rotatable bonds is 10. The van der Waals surface area contributed by atoms with Gasteiger partial charge in [-0.15, -0.1) is 0 Å². The van der Waals surface area contributed by atoms with E-state index in [2.05, 4.69) is 41.5 Å². The number of benzene rings is 3. The van der Waals surface area contributed by atoms with Crippen LogP contribution in [-0.2, 0) is 13.0 Å². The average molecular weight is 447 g/mol. The molecule has 0 fully saturated rings. The van der Waals surface area contributed by atoms with E-state index in [4.69, 9.17) is 5.73 Å². The fraction of sp³-hybridized carbons (Fsp3) is 0.333. The van der Waals surface area contributed by atoms with E-state index < -0.39 is 0 Å². The van der Waals surface area contributed by atoms with Gasteiger partial charge in [-0.3, -0.25) is 9.59 Å². The predicted molar refractivity (Wildman–Crippen MR) is 134 cm³/mol. The van der Waals surface area contributed by atoms with E-state index in [0.717, 1.165) is 42.3 Å². The zero-order valence-corrected chi connectivity index (χ0v) is 19.8. The van der Waals surface area contributed by atoms with Crippen LogP contribution in [0.1, 0.15) is 38.3 Å². The van der Waals surface area contributed by atoms with Gasteiger partial charge in [-0.1, -0.05) is 36.4 Å². The van der Waals surface area contributed by atoms with E-state index in [1.54, 1.807) is 31.1 Å². The molecule has 0 saturated heterocycles. The molecule has 0 atom stereocenters. The smallest absolute Gasteiger partial charge is 0.253 e. The topological polar surface area (TPSA) is 78.7 Å². The number of nitrogens with two attached hydrogens (primary N) is 1. The van der Waals surface area contributed by atoms with Crippen molar-refractivity contribution in [2.24, 2.45) is 5.73 Å². The first-order valence-corrected chi connectivity index (χ1v) is 11.4. The van der Waals surface area contributed by atoms with Gasteiger partial charge in [-0.2, -0.15) is 0 Å². The van der Waals surface area contributed by atoms with Gasteiger partial charge in [-0.05, 0) is 72.6 Å². The van der Waals surface area contributed by atoms with Crippen LogP contribution in [0.5, 0.6) is 0 Å². The summed E-state index contributed by atoms with van der Waals surface area (Å²) in [7, 11) is 5.55. The summed E-state index contributed by atoms with van der Waals surface area (Å²) < 4.78 is 0. The number of amides is 2. The SMILES string of the molecule is CN(CCCc1ccc(CN)cc1)CCNC(=O)c1ccc2cc(C(=O)N(C)C)ccc2c1. The monoisotopic (exact) mass is 446 g/mol. The molecule has 6 heteroatoms. The number of fused-ring (bicyclic) bond motifs is 1. The van der Waals surface area contributed by atoms with Gasteiger partial charge in [0.15, 0.2) is 0 Å². The first kappa shape index (κ1) is 24.4. The van der Waals surface area contributed by atoms with Crippen molar-refractivity contribution in [3.05, 3.63) is 82.9 Å². The first-order chi connectivity index (χ1) is 15.9. The highest BCUT2D eigenvalue weighted by atomic mass is 16.2. The molecule has 0 aromatic heterocycles. The summed E-state index contributed by atoms with van der Waals surface area (Å²) in [6, 6.07) is 19.6. The second kappa shape index (κ2) is 11.6. The Kier molecular flexibility index (Phi) is 8.58. The van der Waals surface area contributed by atoms with Crippen LogP contribution in [0.4, 0.5) is 0 Å². The quantitative estimate of drug-likeness (QED) is 0.501. The second-order valence-corrected chi connectivity index (χ2v) is 8.66. The van der Waals surface area contributed by atoms with Gasteiger partial charge in [0.25, 0.3) is 11.8 Å². The third-order valence-electron chi connectivity index (χ3n) is 5.80. The number of aryl methyl sites for hydroxylation is 1. The molecule has 6 nitrogen and oxygen atoms in total. The highest BCUT2D eigenvalue weighted by Gasteiger charge is 2.10. The van der Waals surface area contributed by atoms with Gasteiger partial charge in [0.05, 0.1) is 0 Å². The molecule has 2 amide bonds. The van der Waals surface area contributed by atoms with Crippen LogP contribution in [0.25, 0.3) is 10.8 Å². The molecule has 0 bridgehead atoms. The summed E-state index contributed by atoms with van der Waals surface area (Å²) >= 11 is 0. The molecule has 0 aliphatic rings. The van der Waals surface area contributed by atoms with Gasteiger partial charge in [0.2, 0.25) is 0 Å². The minimum Gasteiger partial charge on any atom is -0.351 e. The predicted octanol–water partition coefficient (Wildman–Crippen LogP) is 3.29. The molecular formula is C27H34N4O2. The molecule has 174 valence electrons. The van der Waals surface area contributed by atoms with E-state index in [1.807, 2.05) is 24.3 Å². The summed E-state index contributed by atoms with van der Waals surface area (Å²) in [6.07, 6.45) is 2.09. The minimum absolute atomic E-state index is 0.0349. The molecule has 0 aliphatic heterocycles. The molecular weight excluding hydrogens is 412 g/mol. The molecule has 0 aliphatic carbocycles. The van der Waals surface area contributed by atoms with Crippen molar-refractivity contribution >= 4 is 22.6 Å². The lowest BCUT2D eigenvalue weighted by Gasteiger charge is -2.17. The highest BCUT2D eigenvalue weighted by molar-refractivity contribution is 6.01. The van der Waals surface area contributed by atoms with E-state index in [0.29, 0.717) is 24.2 Å². The number of nitrogens with one attached hydrogen (secondary N) is 1. The number of hydrogen-bond donors (Lipinski definition) is 2. The summed E-state index contributed by atoms with van der Waals surface area (Å²) in [5.74, 6) is -0.119. The van der Waals surface area contributed by atoms with Crippen molar-refractivity contribution in [2.75, 3.05) is 40.8 Å². The Morgan fingerprint density at radius 3 is 2.06 bits per heavy atom. The standard InChI is InChI=1S/C27H34N4O2/c1-30(2)27(33)25-13-11-22-17-24(12-10-23(22)18-25)26(32)29-14-16-31(3)15-4-5-20-6-8-21(19-28)9-7-20/h6-13,17-18H,4-5,14-16,19,28H2,1-3H3,(H,29,32). The van der Waals surface area contributed by atoms with Crippen molar-refractivity contribution in [1.29, 1.82) is 0 Å². The van der Waals surface area contributed by atoms with Crippen LogP contribution < -0.4 is 11.1 Å². The highest BCUT2D eigenvalue weighted by Crippen LogP contribution is 2.19. The van der Waals surface area contributed by atoms with Crippen molar-refractivity contribution in [1.82, 2.24) is 15.1 Å². The number of carbonyl (C=O) groups excluding carboxylic acids is 2. The van der Waals surface area contributed by atoms with Gasteiger partial charge >= 0.3 is 0 Å². The Labute approximate surface area is 196 Å². The molecule has 3 aromatic carbocycles. The molecule has 3 N–H and O–H groups in total. The third-order valence-corrected chi connectivity index (χ3v) is 5.80. The van der Waals surface area contributed by atoms with E-state index >= 15 is 0 Å². The lowest BCUT2D eigenvalue weighted by Crippen LogP contribution is -2.33. The van der Waals surface area contributed by atoms with Crippen LogP contribution in [0.15, 0.2) is 60.7 Å². The lowest BCUT2D eigenvalue weighted by molar-refractivity contribution is 0.0827. The van der Waals surface area contributed by atoms with Crippen LogP contribution >= 0.6 is 0 Å². The van der Waals surface area contributed by atoms with Crippen molar-refractivity contribution in [3.63, 3.8) is 0 Å². The number of likely N-dealkylation sites (N-methyl/N-ethyl adjacent to an activating group) is 1.